The zero-order chi connectivity index (χ0) is 18.6. The standard InChI is InChI=1S/C18H12ClF3N4/c19-15-7-3-13(4-8-15)16-9-10-17(26-24-16)25-23-11-12-1-5-14(6-2-12)18(20,21)22/h1-11H,(H,25,26)/b23-11+. The molecule has 0 atom stereocenters. The third-order valence-electron chi connectivity index (χ3n) is 3.44. The smallest absolute Gasteiger partial charge is 0.260 e. The molecule has 8 heteroatoms. The molecule has 0 radical (unpaired) electrons. The van der Waals surface area contributed by atoms with Crippen molar-refractivity contribution in [2.75, 3.05) is 5.43 Å². The molecule has 26 heavy (non-hydrogen) atoms. The van der Waals surface area contributed by atoms with Crippen molar-refractivity contribution in [3.63, 3.8) is 0 Å². The fraction of sp³-hybridized carbons (Fsp3) is 0.0556. The van der Waals surface area contributed by atoms with Gasteiger partial charge in [-0.15, -0.1) is 10.2 Å². The van der Waals surface area contributed by atoms with Crippen LogP contribution in [0.2, 0.25) is 5.02 Å². The molecule has 0 unspecified atom stereocenters. The molecule has 0 aliphatic heterocycles. The van der Waals surface area contributed by atoms with Crippen molar-refractivity contribution in [2.24, 2.45) is 5.10 Å². The number of nitrogens with zero attached hydrogens (tertiary/aromatic N) is 3. The molecule has 1 aromatic heterocycles. The molecule has 2 aromatic carbocycles. The topological polar surface area (TPSA) is 50.2 Å². The van der Waals surface area contributed by atoms with E-state index in [1.807, 2.05) is 12.1 Å². The molecule has 0 aliphatic rings. The van der Waals surface area contributed by atoms with Crippen molar-refractivity contribution in [1.29, 1.82) is 0 Å². The van der Waals surface area contributed by atoms with Gasteiger partial charge in [-0.05, 0) is 42.0 Å². The van der Waals surface area contributed by atoms with Crippen LogP contribution in [0.5, 0.6) is 0 Å². The summed E-state index contributed by atoms with van der Waals surface area (Å²) in [6.07, 6.45) is -2.95. The van der Waals surface area contributed by atoms with Crippen molar-refractivity contribution < 1.29 is 13.2 Å². The quantitative estimate of drug-likeness (QED) is 0.499. The lowest BCUT2D eigenvalue weighted by Crippen LogP contribution is -2.04. The summed E-state index contributed by atoms with van der Waals surface area (Å²) in [5.41, 5.74) is 4.06. The van der Waals surface area contributed by atoms with Gasteiger partial charge in [0.05, 0.1) is 17.5 Å². The summed E-state index contributed by atoms with van der Waals surface area (Å²) in [6, 6.07) is 15.3. The number of halogens is 4. The van der Waals surface area contributed by atoms with Gasteiger partial charge < -0.3 is 0 Å². The number of hydrazone groups is 1. The molecule has 0 amide bonds. The Morgan fingerprint density at radius 3 is 2.15 bits per heavy atom. The highest BCUT2D eigenvalue weighted by atomic mass is 35.5. The van der Waals surface area contributed by atoms with Crippen LogP contribution in [0.25, 0.3) is 11.3 Å². The van der Waals surface area contributed by atoms with E-state index in [4.69, 9.17) is 11.6 Å². The average molecular weight is 377 g/mol. The normalized spacial score (nSPS) is 11.7. The first-order valence-electron chi connectivity index (χ1n) is 7.48. The SMILES string of the molecule is FC(F)(F)c1ccc(/C=N/Nc2ccc(-c3ccc(Cl)cc3)nn2)cc1. The lowest BCUT2D eigenvalue weighted by molar-refractivity contribution is -0.137. The van der Waals surface area contributed by atoms with E-state index in [9.17, 15) is 13.2 Å². The summed E-state index contributed by atoms with van der Waals surface area (Å²) in [5, 5.41) is 12.7. The first-order chi connectivity index (χ1) is 12.4. The van der Waals surface area contributed by atoms with Gasteiger partial charge in [-0.2, -0.15) is 18.3 Å². The number of benzene rings is 2. The molecule has 0 fully saturated rings. The molecule has 4 nitrogen and oxygen atoms in total. The second-order valence-corrected chi connectivity index (χ2v) is 5.74. The Morgan fingerprint density at radius 2 is 1.58 bits per heavy atom. The van der Waals surface area contributed by atoms with Crippen LogP contribution >= 0.6 is 11.6 Å². The van der Waals surface area contributed by atoms with Gasteiger partial charge in [0, 0.05) is 10.6 Å². The highest BCUT2D eigenvalue weighted by Crippen LogP contribution is 2.28. The van der Waals surface area contributed by atoms with Crippen LogP contribution in [-0.4, -0.2) is 16.4 Å². The Morgan fingerprint density at radius 1 is 0.885 bits per heavy atom. The number of aromatic nitrogens is 2. The molecular formula is C18H12ClF3N4. The number of nitrogens with one attached hydrogen (secondary N) is 1. The fourth-order valence-corrected chi connectivity index (χ4v) is 2.22. The van der Waals surface area contributed by atoms with Crippen LogP contribution in [0, 0.1) is 0 Å². The molecule has 0 aliphatic carbocycles. The Hall–Kier alpha value is -2.93. The third kappa shape index (κ3) is 4.58. The van der Waals surface area contributed by atoms with Gasteiger partial charge in [0.2, 0.25) is 0 Å². The predicted octanol–water partition coefficient (Wildman–Crippen LogP) is 5.26. The third-order valence-corrected chi connectivity index (χ3v) is 3.69. The van der Waals surface area contributed by atoms with E-state index in [-0.39, 0.29) is 0 Å². The van der Waals surface area contributed by atoms with Crippen molar-refractivity contribution in [3.8, 4) is 11.3 Å². The fourth-order valence-electron chi connectivity index (χ4n) is 2.10. The highest BCUT2D eigenvalue weighted by Gasteiger charge is 2.29. The maximum Gasteiger partial charge on any atom is 0.416 e. The molecule has 132 valence electrons. The minimum absolute atomic E-state index is 0.408. The van der Waals surface area contributed by atoms with E-state index in [1.54, 1.807) is 24.3 Å². The first-order valence-corrected chi connectivity index (χ1v) is 7.86. The number of hydrogen-bond donors (Lipinski definition) is 1. The summed E-state index contributed by atoms with van der Waals surface area (Å²) in [6.45, 7) is 0. The van der Waals surface area contributed by atoms with Gasteiger partial charge in [0.15, 0.2) is 5.82 Å². The van der Waals surface area contributed by atoms with Gasteiger partial charge >= 0.3 is 6.18 Å². The lowest BCUT2D eigenvalue weighted by Gasteiger charge is -2.05. The first kappa shape index (κ1) is 17.9. The molecule has 1 heterocycles. The summed E-state index contributed by atoms with van der Waals surface area (Å²) < 4.78 is 37.5. The minimum atomic E-state index is -4.35. The number of rotatable bonds is 4. The van der Waals surface area contributed by atoms with E-state index >= 15 is 0 Å². The lowest BCUT2D eigenvalue weighted by atomic mass is 10.1. The summed E-state index contributed by atoms with van der Waals surface area (Å²) in [4.78, 5) is 0. The second-order valence-electron chi connectivity index (χ2n) is 5.30. The van der Waals surface area contributed by atoms with E-state index in [0.717, 1.165) is 17.7 Å². The summed E-state index contributed by atoms with van der Waals surface area (Å²) in [7, 11) is 0. The Balaban J connectivity index is 1.62. The Labute approximate surface area is 152 Å². The van der Waals surface area contributed by atoms with E-state index in [1.165, 1.54) is 18.3 Å². The maximum absolute atomic E-state index is 12.5. The van der Waals surface area contributed by atoms with E-state index in [2.05, 4.69) is 20.7 Å². The monoisotopic (exact) mass is 376 g/mol. The largest absolute Gasteiger partial charge is 0.416 e. The number of alkyl halides is 3. The predicted molar refractivity (Wildman–Crippen MR) is 95.1 cm³/mol. The molecule has 1 N–H and O–H groups in total. The molecule has 0 bridgehead atoms. The Bertz CT molecular complexity index is 890. The van der Waals surface area contributed by atoms with Crippen molar-refractivity contribution in [2.45, 2.75) is 6.18 Å². The molecule has 0 saturated heterocycles. The molecule has 3 rings (SSSR count). The van der Waals surface area contributed by atoms with Crippen molar-refractivity contribution in [1.82, 2.24) is 10.2 Å². The van der Waals surface area contributed by atoms with Crippen molar-refractivity contribution >= 4 is 23.6 Å². The summed E-state index contributed by atoms with van der Waals surface area (Å²) in [5.74, 6) is 0.408. The van der Waals surface area contributed by atoms with Gasteiger partial charge in [0.25, 0.3) is 0 Å². The van der Waals surface area contributed by atoms with Crippen LogP contribution in [0.1, 0.15) is 11.1 Å². The van der Waals surface area contributed by atoms with Crippen molar-refractivity contribution in [3.05, 3.63) is 76.8 Å². The van der Waals surface area contributed by atoms with Gasteiger partial charge in [-0.25, -0.2) is 0 Å². The highest BCUT2D eigenvalue weighted by molar-refractivity contribution is 6.30. The van der Waals surface area contributed by atoms with Crippen LogP contribution in [0.3, 0.4) is 0 Å². The molecule has 0 spiro atoms. The Kier molecular flexibility index (Phi) is 5.18. The van der Waals surface area contributed by atoms with Crippen LogP contribution in [0.4, 0.5) is 19.0 Å². The number of anilines is 1. The van der Waals surface area contributed by atoms with Gasteiger partial charge in [-0.1, -0.05) is 35.9 Å². The molecular weight excluding hydrogens is 365 g/mol. The molecule has 0 saturated carbocycles. The van der Waals surface area contributed by atoms with E-state index in [0.29, 0.717) is 22.1 Å². The van der Waals surface area contributed by atoms with Crippen LogP contribution in [0.15, 0.2) is 65.8 Å². The maximum atomic E-state index is 12.5. The van der Waals surface area contributed by atoms with Crippen LogP contribution in [-0.2, 0) is 6.18 Å². The van der Waals surface area contributed by atoms with Gasteiger partial charge in [-0.3, -0.25) is 5.43 Å². The zero-order valence-electron chi connectivity index (χ0n) is 13.2. The number of hydrogen-bond acceptors (Lipinski definition) is 4. The second kappa shape index (κ2) is 7.53. The van der Waals surface area contributed by atoms with Gasteiger partial charge in [0.1, 0.15) is 0 Å². The summed E-state index contributed by atoms with van der Waals surface area (Å²) >= 11 is 5.85. The van der Waals surface area contributed by atoms with E-state index < -0.39 is 11.7 Å². The molecule has 3 aromatic rings. The minimum Gasteiger partial charge on any atom is -0.260 e. The average Bonchev–Trinajstić information content (AvgIpc) is 2.63. The zero-order valence-corrected chi connectivity index (χ0v) is 14.0. The van der Waals surface area contributed by atoms with Crippen LogP contribution < -0.4 is 5.43 Å².